The van der Waals surface area contributed by atoms with Gasteiger partial charge in [0.1, 0.15) is 18.2 Å². The second-order valence-electron chi connectivity index (χ2n) is 7.25. The maximum atomic E-state index is 13.9. The highest BCUT2D eigenvalue weighted by molar-refractivity contribution is 5.77. The van der Waals surface area contributed by atoms with Crippen LogP contribution in [-0.4, -0.2) is 33.9 Å². The molecule has 7 heteroatoms. The average molecular weight is 407 g/mol. The van der Waals surface area contributed by atoms with Crippen molar-refractivity contribution in [2.24, 2.45) is 0 Å². The number of carbonyl (C=O) groups excluding carboxylic acids is 1. The second kappa shape index (κ2) is 9.00. The molecule has 0 unspecified atom stereocenters. The molecule has 1 aromatic heterocycles. The number of benzene rings is 2. The third kappa shape index (κ3) is 4.63. The molecule has 0 bridgehead atoms. The number of ether oxygens (including phenoxy) is 1. The molecule has 0 radical (unpaired) electrons. The lowest BCUT2D eigenvalue weighted by atomic mass is 10.1. The van der Waals surface area contributed by atoms with Crippen LogP contribution in [0.15, 0.2) is 59.4 Å². The molecule has 0 saturated carbocycles. The van der Waals surface area contributed by atoms with Gasteiger partial charge in [0.2, 0.25) is 5.91 Å². The molecule has 154 valence electrons. The third-order valence-corrected chi connectivity index (χ3v) is 5.12. The summed E-state index contributed by atoms with van der Waals surface area (Å²) in [4.78, 5) is 33.9. The summed E-state index contributed by atoms with van der Waals surface area (Å²) in [5.74, 6) is -0.0635. The average Bonchev–Trinajstić information content (AvgIpc) is 2.76. The normalized spacial score (nSPS) is 13.2. The number of fused-ring (bicyclic) bond motifs is 1. The van der Waals surface area contributed by atoms with E-state index in [0.717, 1.165) is 5.56 Å². The van der Waals surface area contributed by atoms with Gasteiger partial charge in [-0.05, 0) is 17.2 Å². The summed E-state index contributed by atoms with van der Waals surface area (Å²) in [7, 11) is 0. The first-order valence-corrected chi connectivity index (χ1v) is 9.84. The Morgan fingerprint density at radius 2 is 1.90 bits per heavy atom. The monoisotopic (exact) mass is 407 g/mol. The molecule has 0 saturated heterocycles. The van der Waals surface area contributed by atoms with Crippen LogP contribution < -0.4 is 5.56 Å². The zero-order chi connectivity index (χ0) is 20.9. The number of hydrogen-bond donors (Lipinski definition) is 1. The van der Waals surface area contributed by atoms with Gasteiger partial charge in [0, 0.05) is 19.4 Å². The summed E-state index contributed by atoms with van der Waals surface area (Å²) in [5, 5.41) is 0. The van der Waals surface area contributed by atoms with E-state index in [1.165, 1.54) is 6.07 Å². The highest BCUT2D eigenvalue weighted by atomic mass is 19.1. The first-order chi connectivity index (χ1) is 14.6. The molecule has 2 aromatic carbocycles. The fourth-order valence-corrected chi connectivity index (χ4v) is 3.52. The lowest BCUT2D eigenvalue weighted by molar-refractivity contribution is -0.137. The van der Waals surface area contributed by atoms with Crippen LogP contribution in [0.3, 0.4) is 0 Å². The Kier molecular flexibility index (Phi) is 5.99. The number of rotatable bonds is 6. The van der Waals surface area contributed by atoms with Gasteiger partial charge in [-0.2, -0.15) is 0 Å². The van der Waals surface area contributed by atoms with Gasteiger partial charge in [-0.3, -0.25) is 9.59 Å². The molecular formula is C23H22FN3O3. The standard InChI is InChI=1S/C23H22FN3O3/c24-19-9-5-4-8-17(19)12-21-25-20-10-11-27(13-18(20)23(29)26-21)22(28)15-30-14-16-6-2-1-3-7-16/h1-9H,10-15H2,(H,25,26,29). The van der Waals surface area contributed by atoms with E-state index in [2.05, 4.69) is 9.97 Å². The van der Waals surface area contributed by atoms with Crippen molar-refractivity contribution in [2.45, 2.75) is 26.0 Å². The maximum absolute atomic E-state index is 13.9. The summed E-state index contributed by atoms with van der Waals surface area (Å²) < 4.78 is 19.4. The topological polar surface area (TPSA) is 75.3 Å². The van der Waals surface area contributed by atoms with Gasteiger partial charge in [0.25, 0.3) is 5.56 Å². The Hall–Kier alpha value is -3.32. The van der Waals surface area contributed by atoms with Crippen molar-refractivity contribution in [1.29, 1.82) is 0 Å². The quantitative estimate of drug-likeness (QED) is 0.682. The van der Waals surface area contributed by atoms with Crippen molar-refractivity contribution < 1.29 is 13.9 Å². The van der Waals surface area contributed by atoms with Gasteiger partial charge in [-0.25, -0.2) is 9.37 Å². The van der Waals surface area contributed by atoms with Crippen molar-refractivity contribution in [3.8, 4) is 0 Å². The van der Waals surface area contributed by atoms with Crippen LogP contribution in [-0.2, 0) is 35.5 Å². The van der Waals surface area contributed by atoms with E-state index in [1.807, 2.05) is 30.3 Å². The Balaban J connectivity index is 1.39. The van der Waals surface area contributed by atoms with E-state index < -0.39 is 0 Å². The Morgan fingerprint density at radius 3 is 2.70 bits per heavy atom. The summed E-state index contributed by atoms with van der Waals surface area (Å²) in [6.07, 6.45) is 0.694. The Bertz CT molecular complexity index is 1100. The van der Waals surface area contributed by atoms with Crippen LogP contribution in [0.2, 0.25) is 0 Å². The molecule has 1 aliphatic rings. The molecule has 0 spiro atoms. The second-order valence-corrected chi connectivity index (χ2v) is 7.25. The van der Waals surface area contributed by atoms with Crippen molar-refractivity contribution in [1.82, 2.24) is 14.9 Å². The zero-order valence-corrected chi connectivity index (χ0v) is 16.4. The molecule has 2 heterocycles. The molecule has 1 aliphatic heterocycles. The number of H-pyrrole nitrogens is 1. The molecular weight excluding hydrogens is 385 g/mol. The van der Waals surface area contributed by atoms with Crippen LogP contribution >= 0.6 is 0 Å². The van der Waals surface area contributed by atoms with Crippen LogP contribution in [0.4, 0.5) is 4.39 Å². The van der Waals surface area contributed by atoms with Crippen molar-refractivity contribution in [2.75, 3.05) is 13.2 Å². The smallest absolute Gasteiger partial charge is 0.256 e. The molecule has 1 N–H and O–H groups in total. The zero-order valence-electron chi connectivity index (χ0n) is 16.4. The Morgan fingerprint density at radius 1 is 1.13 bits per heavy atom. The highest BCUT2D eigenvalue weighted by Gasteiger charge is 2.24. The Labute approximate surface area is 173 Å². The van der Waals surface area contributed by atoms with Crippen molar-refractivity contribution in [3.05, 3.63) is 99.0 Å². The lowest BCUT2D eigenvalue weighted by Crippen LogP contribution is -2.41. The van der Waals surface area contributed by atoms with E-state index in [0.29, 0.717) is 42.2 Å². The van der Waals surface area contributed by atoms with E-state index in [4.69, 9.17) is 4.74 Å². The number of aromatic amines is 1. The fourth-order valence-electron chi connectivity index (χ4n) is 3.52. The molecule has 0 atom stereocenters. The van der Waals surface area contributed by atoms with Crippen molar-refractivity contribution in [3.63, 3.8) is 0 Å². The van der Waals surface area contributed by atoms with E-state index in [1.54, 1.807) is 23.1 Å². The van der Waals surface area contributed by atoms with Gasteiger partial charge < -0.3 is 14.6 Å². The maximum Gasteiger partial charge on any atom is 0.256 e. The summed E-state index contributed by atoms with van der Waals surface area (Å²) in [6.45, 7) is 0.987. The molecule has 0 aliphatic carbocycles. The largest absolute Gasteiger partial charge is 0.367 e. The van der Waals surface area contributed by atoms with Crippen molar-refractivity contribution >= 4 is 5.91 Å². The van der Waals surface area contributed by atoms with Gasteiger partial charge in [-0.15, -0.1) is 0 Å². The van der Waals surface area contributed by atoms with Crippen LogP contribution in [0, 0.1) is 5.82 Å². The van der Waals surface area contributed by atoms with E-state index in [-0.39, 0.29) is 36.9 Å². The first kappa shape index (κ1) is 20.0. The third-order valence-electron chi connectivity index (χ3n) is 5.12. The van der Waals surface area contributed by atoms with Gasteiger partial charge >= 0.3 is 0 Å². The molecule has 0 fully saturated rings. The minimum absolute atomic E-state index is 0.0407. The molecule has 4 rings (SSSR count). The minimum Gasteiger partial charge on any atom is -0.367 e. The SMILES string of the molecule is O=C(COCc1ccccc1)N1CCc2nc(Cc3ccccc3F)[nH]c(=O)c2C1. The number of amides is 1. The van der Waals surface area contributed by atoms with Gasteiger partial charge in [0.15, 0.2) is 0 Å². The van der Waals surface area contributed by atoms with Gasteiger partial charge in [-0.1, -0.05) is 48.5 Å². The molecule has 1 amide bonds. The number of nitrogens with one attached hydrogen (secondary N) is 1. The number of hydrogen-bond acceptors (Lipinski definition) is 4. The number of halogens is 1. The van der Waals surface area contributed by atoms with Crippen LogP contribution in [0.1, 0.15) is 28.2 Å². The van der Waals surface area contributed by atoms with E-state index in [9.17, 15) is 14.0 Å². The number of carbonyl (C=O) groups is 1. The van der Waals surface area contributed by atoms with Crippen LogP contribution in [0.5, 0.6) is 0 Å². The predicted molar refractivity (Wildman–Crippen MR) is 109 cm³/mol. The molecule has 6 nitrogen and oxygen atoms in total. The minimum atomic E-state index is -0.329. The molecule has 30 heavy (non-hydrogen) atoms. The molecule has 3 aromatic rings. The van der Waals surface area contributed by atoms with Crippen LogP contribution in [0.25, 0.3) is 0 Å². The number of nitrogens with zero attached hydrogens (tertiary/aromatic N) is 2. The summed E-state index contributed by atoms with van der Waals surface area (Å²) in [5.41, 5.74) is 2.34. The summed E-state index contributed by atoms with van der Waals surface area (Å²) in [6, 6.07) is 16.1. The highest BCUT2D eigenvalue weighted by Crippen LogP contribution is 2.16. The van der Waals surface area contributed by atoms with E-state index >= 15 is 0 Å². The predicted octanol–water partition coefficient (Wildman–Crippen LogP) is 2.60. The lowest BCUT2D eigenvalue weighted by Gasteiger charge is -2.27. The number of aromatic nitrogens is 2. The van der Waals surface area contributed by atoms with Gasteiger partial charge in [0.05, 0.1) is 24.4 Å². The fraction of sp³-hybridized carbons (Fsp3) is 0.261. The first-order valence-electron chi connectivity index (χ1n) is 9.84. The summed E-state index contributed by atoms with van der Waals surface area (Å²) >= 11 is 0.